The average molecular weight is 222 g/mol. The Hall–Kier alpha value is -0.680. The van der Waals surface area contributed by atoms with Gasteiger partial charge in [-0.3, -0.25) is 0 Å². The molecule has 0 heterocycles. The molecule has 0 spiro atoms. The summed E-state index contributed by atoms with van der Waals surface area (Å²) >= 11 is 1.17. The predicted octanol–water partition coefficient (Wildman–Crippen LogP) is 3.06. The van der Waals surface area contributed by atoms with Crippen molar-refractivity contribution >= 4 is 11.8 Å². The summed E-state index contributed by atoms with van der Waals surface area (Å²) in [5.74, 6) is 0. The third kappa shape index (κ3) is 2.65. The number of alkyl halides is 3. The number of hydrogen-bond donors (Lipinski definition) is 1. The number of halogens is 3. The van der Waals surface area contributed by atoms with Gasteiger partial charge in [-0.05, 0) is 24.0 Å². The third-order valence-electron chi connectivity index (χ3n) is 1.75. The monoisotopic (exact) mass is 222 g/mol. The molecule has 0 aliphatic rings. The Balaban J connectivity index is 2.89. The van der Waals surface area contributed by atoms with Crippen molar-refractivity contribution in [2.45, 2.75) is 11.6 Å². The van der Waals surface area contributed by atoms with Crippen LogP contribution in [0.1, 0.15) is 16.6 Å². The Labute approximate surface area is 83.9 Å². The number of rotatable bonds is 2. The first-order valence-corrected chi connectivity index (χ1v) is 5.12. The lowest BCUT2D eigenvalue weighted by Gasteiger charge is -2.10. The molecule has 1 aromatic carbocycles. The second kappa shape index (κ2) is 4.23. The van der Waals surface area contributed by atoms with Crippen LogP contribution in [0.2, 0.25) is 0 Å². The lowest BCUT2D eigenvalue weighted by Crippen LogP contribution is -2.04. The SMILES string of the molecule is CSC(O)c1ccc(C(F)(F)F)cc1. The van der Waals surface area contributed by atoms with Crippen molar-refractivity contribution in [2.75, 3.05) is 6.26 Å². The van der Waals surface area contributed by atoms with Gasteiger partial charge in [-0.25, -0.2) is 0 Å². The highest BCUT2D eigenvalue weighted by Gasteiger charge is 2.30. The van der Waals surface area contributed by atoms with Crippen molar-refractivity contribution < 1.29 is 18.3 Å². The van der Waals surface area contributed by atoms with Gasteiger partial charge in [0, 0.05) is 0 Å². The summed E-state index contributed by atoms with van der Waals surface area (Å²) in [6.07, 6.45) is -2.63. The quantitative estimate of drug-likeness (QED) is 0.776. The Kier molecular flexibility index (Phi) is 3.44. The molecular weight excluding hydrogens is 213 g/mol. The normalized spacial score (nSPS) is 14.1. The first kappa shape index (κ1) is 11.4. The first-order valence-electron chi connectivity index (χ1n) is 3.83. The van der Waals surface area contributed by atoms with E-state index in [4.69, 9.17) is 0 Å². The molecule has 0 aliphatic carbocycles. The highest BCUT2D eigenvalue weighted by atomic mass is 32.2. The minimum absolute atomic E-state index is 0.477. The molecule has 0 aliphatic heterocycles. The van der Waals surface area contributed by atoms with E-state index in [1.54, 1.807) is 6.26 Å². The van der Waals surface area contributed by atoms with Crippen molar-refractivity contribution in [3.8, 4) is 0 Å². The van der Waals surface area contributed by atoms with E-state index < -0.39 is 17.2 Å². The van der Waals surface area contributed by atoms with Gasteiger partial charge in [0.2, 0.25) is 0 Å². The minimum atomic E-state index is -4.32. The third-order valence-corrected chi connectivity index (χ3v) is 2.47. The molecule has 1 nitrogen and oxygen atoms in total. The summed E-state index contributed by atoms with van der Waals surface area (Å²) in [4.78, 5) is 0. The predicted molar refractivity (Wildman–Crippen MR) is 49.9 cm³/mol. The van der Waals surface area contributed by atoms with Gasteiger partial charge in [-0.2, -0.15) is 13.2 Å². The minimum Gasteiger partial charge on any atom is -0.378 e. The highest BCUT2D eigenvalue weighted by molar-refractivity contribution is 7.98. The average Bonchev–Trinajstić information content (AvgIpc) is 2.15. The van der Waals surface area contributed by atoms with Crippen LogP contribution < -0.4 is 0 Å². The topological polar surface area (TPSA) is 20.2 Å². The summed E-state index contributed by atoms with van der Waals surface area (Å²) in [5, 5.41) is 9.30. The van der Waals surface area contributed by atoms with E-state index in [0.29, 0.717) is 5.56 Å². The second-order valence-corrected chi connectivity index (χ2v) is 3.63. The lowest BCUT2D eigenvalue weighted by atomic mass is 10.1. The van der Waals surface area contributed by atoms with E-state index in [2.05, 4.69) is 0 Å². The van der Waals surface area contributed by atoms with Gasteiger partial charge in [0.05, 0.1) is 5.56 Å². The molecule has 0 saturated heterocycles. The molecule has 0 fully saturated rings. The van der Waals surface area contributed by atoms with Crippen molar-refractivity contribution in [1.29, 1.82) is 0 Å². The maximum Gasteiger partial charge on any atom is 0.416 e. The number of aliphatic hydroxyl groups excluding tert-OH is 1. The van der Waals surface area contributed by atoms with Crippen molar-refractivity contribution in [3.63, 3.8) is 0 Å². The zero-order valence-corrected chi connectivity index (χ0v) is 8.19. The van der Waals surface area contributed by atoms with E-state index in [1.165, 1.54) is 23.9 Å². The van der Waals surface area contributed by atoms with Crippen molar-refractivity contribution in [2.24, 2.45) is 0 Å². The molecule has 5 heteroatoms. The molecule has 78 valence electrons. The van der Waals surface area contributed by atoms with Crippen LogP contribution in [-0.4, -0.2) is 11.4 Å². The molecule has 0 bridgehead atoms. The van der Waals surface area contributed by atoms with E-state index in [0.717, 1.165) is 12.1 Å². The standard InChI is InChI=1S/C9H9F3OS/c1-14-8(13)6-2-4-7(5-3-6)9(10,11)12/h2-5,8,13H,1H3. The van der Waals surface area contributed by atoms with Crippen LogP contribution >= 0.6 is 11.8 Å². The van der Waals surface area contributed by atoms with E-state index in [9.17, 15) is 18.3 Å². The Morgan fingerprint density at radius 3 is 2.07 bits per heavy atom. The van der Waals surface area contributed by atoms with Crippen LogP contribution in [0.3, 0.4) is 0 Å². The molecule has 0 aromatic heterocycles. The fraction of sp³-hybridized carbons (Fsp3) is 0.333. The van der Waals surface area contributed by atoms with Gasteiger partial charge in [0.25, 0.3) is 0 Å². The fourth-order valence-corrected chi connectivity index (χ4v) is 1.40. The van der Waals surface area contributed by atoms with Crippen molar-refractivity contribution in [1.82, 2.24) is 0 Å². The van der Waals surface area contributed by atoms with E-state index in [1.807, 2.05) is 0 Å². The Bertz CT molecular complexity index is 294. The number of hydrogen-bond acceptors (Lipinski definition) is 2. The van der Waals surface area contributed by atoms with Gasteiger partial charge in [0.1, 0.15) is 5.44 Å². The summed E-state index contributed by atoms with van der Waals surface area (Å²) in [6, 6.07) is 4.50. The Morgan fingerprint density at radius 2 is 1.71 bits per heavy atom. The summed E-state index contributed by atoms with van der Waals surface area (Å²) in [5.41, 5.74) is -0.989. The fourth-order valence-electron chi connectivity index (χ4n) is 0.973. The summed E-state index contributed by atoms with van der Waals surface area (Å²) in [6.45, 7) is 0. The molecule has 1 atom stereocenters. The number of thioether (sulfide) groups is 1. The van der Waals surface area contributed by atoms with Crippen LogP contribution in [0.5, 0.6) is 0 Å². The molecule has 1 N–H and O–H groups in total. The van der Waals surface area contributed by atoms with Crippen LogP contribution in [0, 0.1) is 0 Å². The first-order chi connectivity index (χ1) is 6.45. The molecule has 0 amide bonds. The smallest absolute Gasteiger partial charge is 0.378 e. The van der Waals surface area contributed by atoms with Gasteiger partial charge in [-0.15, -0.1) is 11.8 Å². The van der Waals surface area contributed by atoms with Gasteiger partial charge in [-0.1, -0.05) is 12.1 Å². The van der Waals surface area contributed by atoms with Crippen LogP contribution in [0.25, 0.3) is 0 Å². The van der Waals surface area contributed by atoms with E-state index in [-0.39, 0.29) is 0 Å². The largest absolute Gasteiger partial charge is 0.416 e. The maximum atomic E-state index is 12.1. The van der Waals surface area contributed by atoms with Gasteiger partial charge >= 0.3 is 6.18 Å². The van der Waals surface area contributed by atoms with Crippen LogP contribution in [-0.2, 0) is 6.18 Å². The maximum absolute atomic E-state index is 12.1. The van der Waals surface area contributed by atoms with Crippen molar-refractivity contribution in [3.05, 3.63) is 35.4 Å². The molecule has 1 unspecified atom stereocenters. The summed E-state index contributed by atoms with van der Waals surface area (Å²) < 4.78 is 36.4. The molecule has 1 rings (SSSR count). The molecule has 0 radical (unpaired) electrons. The molecular formula is C9H9F3OS. The molecule has 0 saturated carbocycles. The van der Waals surface area contributed by atoms with Gasteiger partial charge < -0.3 is 5.11 Å². The summed E-state index contributed by atoms with van der Waals surface area (Å²) in [7, 11) is 0. The van der Waals surface area contributed by atoms with Crippen LogP contribution in [0.15, 0.2) is 24.3 Å². The number of aliphatic hydroxyl groups is 1. The zero-order chi connectivity index (χ0) is 10.8. The Morgan fingerprint density at radius 1 is 1.21 bits per heavy atom. The molecule has 1 aromatic rings. The zero-order valence-electron chi connectivity index (χ0n) is 7.38. The lowest BCUT2D eigenvalue weighted by molar-refractivity contribution is -0.137. The van der Waals surface area contributed by atoms with Gasteiger partial charge in [0.15, 0.2) is 0 Å². The van der Waals surface area contributed by atoms with Crippen LogP contribution in [0.4, 0.5) is 13.2 Å². The second-order valence-electron chi connectivity index (χ2n) is 2.71. The molecule has 14 heavy (non-hydrogen) atoms. The highest BCUT2D eigenvalue weighted by Crippen LogP contribution is 2.31. The van der Waals surface area contributed by atoms with E-state index >= 15 is 0 Å². The number of benzene rings is 1.